The third-order valence-corrected chi connectivity index (χ3v) is 3.93. The van der Waals surface area contributed by atoms with Crippen LogP contribution in [0.3, 0.4) is 0 Å². The summed E-state index contributed by atoms with van der Waals surface area (Å²) in [7, 11) is -3.70. The molecule has 0 unspecified atom stereocenters. The lowest BCUT2D eigenvalue weighted by atomic mass is 10.3. The van der Waals surface area contributed by atoms with Crippen LogP contribution in [-0.2, 0) is 14.6 Å². The molecule has 0 aliphatic carbocycles. The average molecular weight is 229 g/mol. The zero-order chi connectivity index (χ0) is 11.1. The molecule has 1 aromatic carbocycles. The molecule has 2 rings (SSSR count). The zero-order valence-corrected chi connectivity index (χ0v) is 8.47. The number of halogens is 1. The third kappa shape index (κ3) is 1.72. The first kappa shape index (κ1) is 10.1. The summed E-state index contributed by atoms with van der Waals surface area (Å²) < 4.78 is 36.6. The minimum atomic E-state index is -3.70. The van der Waals surface area contributed by atoms with E-state index in [4.69, 9.17) is 0 Å². The van der Waals surface area contributed by atoms with E-state index < -0.39 is 26.5 Å². The zero-order valence-electron chi connectivity index (χ0n) is 7.66. The molecule has 1 amide bonds. The Morgan fingerprint density at radius 3 is 2.80 bits per heavy atom. The van der Waals surface area contributed by atoms with E-state index in [9.17, 15) is 17.6 Å². The average Bonchev–Trinajstić information content (AvgIpc) is 2.25. The van der Waals surface area contributed by atoms with Crippen molar-refractivity contribution in [2.45, 2.75) is 11.3 Å². The van der Waals surface area contributed by atoms with Crippen molar-refractivity contribution in [3.8, 4) is 0 Å². The van der Waals surface area contributed by atoms with Crippen molar-refractivity contribution < 1.29 is 17.6 Å². The maximum atomic E-state index is 13.3. The topological polar surface area (TPSA) is 63.2 Å². The quantitative estimate of drug-likeness (QED) is 0.720. The highest BCUT2D eigenvalue weighted by Gasteiger charge is 2.28. The summed E-state index contributed by atoms with van der Waals surface area (Å²) in [6, 6.07) is 3.79. The highest BCUT2D eigenvalue weighted by molar-refractivity contribution is 7.91. The molecule has 0 spiro atoms. The first-order valence-corrected chi connectivity index (χ1v) is 5.97. The first-order chi connectivity index (χ1) is 7.00. The highest BCUT2D eigenvalue weighted by atomic mass is 32.2. The Hall–Kier alpha value is -1.43. The van der Waals surface area contributed by atoms with E-state index in [-0.39, 0.29) is 17.9 Å². The number of benzene rings is 1. The second-order valence-electron chi connectivity index (χ2n) is 3.23. The normalized spacial score (nSPS) is 18.9. The summed E-state index contributed by atoms with van der Waals surface area (Å²) in [5.41, 5.74) is 0.0255. The van der Waals surface area contributed by atoms with Crippen molar-refractivity contribution in [1.82, 2.24) is 0 Å². The van der Waals surface area contributed by atoms with E-state index >= 15 is 0 Å². The van der Waals surface area contributed by atoms with Gasteiger partial charge in [0.25, 0.3) is 0 Å². The summed E-state index contributed by atoms with van der Waals surface area (Å²) in [6.07, 6.45) is -0.142. The second-order valence-corrected chi connectivity index (χ2v) is 5.28. The third-order valence-electron chi connectivity index (χ3n) is 2.15. The van der Waals surface area contributed by atoms with Crippen molar-refractivity contribution >= 4 is 21.4 Å². The van der Waals surface area contributed by atoms with Crippen LogP contribution in [-0.4, -0.2) is 20.1 Å². The fourth-order valence-electron chi connectivity index (χ4n) is 1.47. The van der Waals surface area contributed by atoms with Crippen LogP contribution in [0.15, 0.2) is 23.1 Å². The Morgan fingerprint density at radius 2 is 2.07 bits per heavy atom. The number of hydrogen-bond acceptors (Lipinski definition) is 3. The van der Waals surface area contributed by atoms with Crippen LogP contribution in [0.5, 0.6) is 0 Å². The van der Waals surface area contributed by atoms with Crippen molar-refractivity contribution in [2.75, 3.05) is 11.1 Å². The van der Waals surface area contributed by atoms with E-state index in [2.05, 4.69) is 5.32 Å². The van der Waals surface area contributed by atoms with Gasteiger partial charge in [-0.05, 0) is 12.1 Å². The summed E-state index contributed by atoms with van der Waals surface area (Å²) in [5, 5.41) is 2.36. The van der Waals surface area contributed by atoms with E-state index in [1.54, 1.807) is 0 Å². The summed E-state index contributed by atoms with van der Waals surface area (Å²) in [4.78, 5) is 10.7. The van der Waals surface area contributed by atoms with Gasteiger partial charge < -0.3 is 5.32 Å². The van der Waals surface area contributed by atoms with Crippen LogP contribution in [0.4, 0.5) is 10.1 Å². The lowest BCUT2D eigenvalue weighted by Gasteiger charge is -2.06. The smallest absolute Gasteiger partial charge is 0.225 e. The predicted molar refractivity (Wildman–Crippen MR) is 51.7 cm³/mol. The minimum absolute atomic E-state index is 0.0255. The number of sulfone groups is 1. The number of fused-ring (bicyclic) bond motifs is 1. The van der Waals surface area contributed by atoms with Gasteiger partial charge in [0.15, 0.2) is 9.84 Å². The van der Waals surface area contributed by atoms with E-state index in [1.165, 1.54) is 12.1 Å². The van der Waals surface area contributed by atoms with Gasteiger partial charge >= 0.3 is 0 Å². The molecule has 0 fully saturated rings. The predicted octanol–water partition coefficient (Wildman–Crippen LogP) is 0.942. The Balaban J connectivity index is 2.72. The molecule has 1 aliphatic heterocycles. The summed E-state index contributed by atoms with van der Waals surface area (Å²) >= 11 is 0. The van der Waals surface area contributed by atoms with Crippen molar-refractivity contribution in [3.05, 3.63) is 24.0 Å². The molecule has 15 heavy (non-hydrogen) atoms. The van der Waals surface area contributed by atoms with Gasteiger partial charge in [-0.2, -0.15) is 0 Å². The molecule has 1 aliphatic rings. The van der Waals surface area contributed by atoms with Crippen LogP contribution in [0.2, 0.25) is 0 Å². The maximum absolute atomic E-state index is 13.3. The number of rotatable bonds is 0. The van der Waals surface area contributed by atoms with Gasteiger partial charge in [-0.3, -0.25) is 4.79 Å². The monoisotopic (exact) mass is 229 g/mol. The molecule has 0 atom stereocenters. The van der Waals surface area contributed by atoms with Crippen molar-refractivity contribution in [2.24, 2.45) is 0 Å². The molecule has 1 heterocycles. The molecule has 1 aromatic rings. The van der Waals surface area contributed by atoms with Gasteiger partial charge in [0.05, 0.1) is 11.4 Å². The number of anilines is 1. The van der Waals surface area contributed by atoms with Crippen molar-refractivity contribution in [1.29, 1.82) is 0 Å². The standard InChI is InChI=1S/C9H8FNO3S/c10-6-2-1-3-7-9(6)15(13,14)5-4-8(12)11-7/h1-3H,4-5H2,(H,11,12). The van der Waals surface area contributed by atoms with Crippen LogP contribution in [0.1, 0.15) is 6.42 Å². The first-order valence-electron chi connectivity index (χ1n) is 4.32. The number of nitrogens with one attached hydrogen (secondary N) is 1. The number of hydrogen-bond donors (Lipinski definition) is 1. The molecule has 0 radical (unpaired) electrons. The number of amides is 1. The summed E-state index contributed by atoms with van der Waals surface area (Å²) in [5.74, 6) is -1.59. The van der Waals surface area contributed by atoms with E-state index in [0.29, 0.717) is 0 Å². The molecule has 4 nitrogen and oxygen atoms in total. The molecule has 80 valence electrons. The van der Waals surface area contributed by atoms with Gasteiger partial charge in [0.2, 0.25) is 5.91 Å². The van der Waals surface area contributed by atoms with Crippen LogP contribution >= 0.6 is 0 Å². The molecule has 0 saturated heterocycles. The van der Waals surface area contributed by atoms with Crippen LogP contribution in [0, 0.1) is 5.82 Å². The largest absolute Gasteiger partial charge is 0.325 e. The molecule has 0 aromatic heterocycles. The van der Waals surface area contributed by atoms with Gasteiger partial charge in [0, 0.05) is 6.42 Å². The van der Waals surface area contributed by atoms with Gasteiger partial charge in [0.1, 0.15) is 10.7 Å². The lowest BCUT2D eigenvalue weighted by molar-refractivity contribution is -0.115. The molecule has 6 heteroatoms. The van der Waals surface area contributed by atoms with E-state index in [1.807, 2.05) is 0 Å². The van der Waals surface area contributed by atoms with Crippen molar-refractivity contribution in [3.63, 3.8) is 0 Å². The minimum Gasteiger partial charge on any atom is -0.325 e. The highest BCUT2D eigenvalue weighted by Crippen LogP contribution is 2.28. The molecule has 0 saturated carbocycles. The Morgan fingerprint density at radius 1 is 1.33 bits per heavy atom. The Bertz CT molecular complexity index is 524. The number of carbonyl (C=O) groups excluding carboxylic acids is 1. The Kier molecular flexibility index (Phi) is 2.22. The molecule has 0 bridgehead atoms. The van der Waals surface area contributed by atoms with Gasteiger partial charge in [-0.1, -0.05) is 6.07 Å². The number of carbonyl (C=O) groups is 1. The molecular formula is C9H8FNO3S. The van der Waals surface area contributed by atoms with Gasteiger partial charge in [-0.25, -0.2) is 12.8 Å². The second kappa shape index (κ2) is 3.30. The Labute approximate surface area is 86.0 Å². The SMILES string of the molecule is O=C1CCS(=O)(=O)c2c(F)cccc2N1. The van der Waals surface area contributed by atoms with Crippen LogP contribution < -0.4 is 5.32 Å². The fourth-order valence-corrected chi connectivity index (χ4v) is 2.94. The van der Waals surface area contributed by atoms with E-state index in [0.717, 1.165) is 6.07 Å². The summed E-state index contributed by atoms with van der Waals surface area (Å²) in [6.45, 7) is 0. The fraction of sp³-hybridized carbons (Fsp3) is 0.222. The van der Waals surface area contributed by atoms with Crippen LogP contribution in [0.25, 0.3) is 0 Å². The molecule has 1 N–H and O–H groups in total. The van der Waals surface area contributed by atoms with Gasteiger partial charge in [-0.15, -0.1) is 0 Å². The lowest BCUT2D eigenvalue weighted by Crippen LogP contribution is -2.10. The maximum Gasteiger partial charge on any atom is 0.225 e. The molecular weight excluding hydrogens is 221 g/mol.